The number of rotatable bonds is 4. The van der Waals surface area contributed by atoms with Crippen LogP contribution in [0.4, 0.5) is 4.79 Å². The topological polar surface area (TPSA) is 61.6 Å². The molecule has 1 N–H and O–H groups in total. The van der Waals surface area contributed by atoms with Gasteiger partial charge in [0.25, 0.3) is 0 Å². The second-order valence-electron chi connectivity index (χ2n) is 6.53. The maximum absolute atomic E-state index is 12.4. The lowest BCUT2D eigenvalue weighted by Crippen LogP contribution is -2.51. The summed E-state index contributed by atoms with van der Waals surface area (Å²) in [7, 11) is 0. The second kappa shape index (κ2) is 7.58. The number of para-hydroxylation sites is 1. The summed E-state index contributed by atoms with van der Waals surface area (Å²) in [6.45, 7) is 4.54. The number of piperazine rings is 1. The molecule has 1 saturated heterocycles. The molecule has 0 aliphatic carbocycles. The molecule has 2 amide bonds. The molecule has 26 heavy (non-hydrogen) atoms. The number of carbonyl (C=O) groups excluding carboxylic acids is 1. The van der Waals surface area contributed by atoms with Crippen LogP contribution in [0.25, 0.3) is 11.0 Å². The third kappa shape index (κ3) is 3.70. The Morgan fingerprint density at radius 1 is 1.00 bits per heavy atom. The summed E-state index contributed by atoms with van der Waals surface area (Å²) in [5.41, 5.74) is 2.81. The highest BCUT2D eigenvalue weighted by atomic mass is 16.5. The van der Waals surface area contributed by atoms with Crippen molar-refractivity contribution < 1.29 is 9.32 Å². The van der Waals surface area contributed by atoms with Crippen LogP contribution >= 0.6 is 0 Å². The number of amides is 2. The highest BCUT2D eigenvalue weighted by Gasteiger charge is 2.21. The molecule has 0 unspecified atom stereocenters. The lowest BCUT2D eigenvalue weighted by Gasteiger charge is -2.34. The molecule has 0 saturated carbocycles. The first-order valence-electron chi connectivity index (χ1n) is 8.92. The zero-order valence-electron chi connectivity index (χ0n) is 14.6. The van der Waals surface area contributed by atoms with E-state index in [1.807, 2.05) is 35.2 Å². The minimum Gasteiger partial charge on any atom is -0.356 e. The van der Waals surface area contributed by atoms with E-state index in [-0.39, 0.29) is 6.03 Å². The number of aromatic nitrogens is 1. The molecule has 3 aromatic rings. The van der Waals surface area contributed by atoms with Crippen molar-refractivity contribution in [3.8, 4) is 0 Å². The molecule has 2 aromatic carbocycles. The van der Waals surface area contributed by atoms with Gasteiger partial charge in [0.2, 0.25) is 0 Å². The molecule has 4 rings (SSSR count). The fourth-order valence-corrected chi connectivity index (χ4v) is 3.29. The van der Waals surface area contributed by atoms with E-state index in [0.29, 0.717) is 6.54 Å². The molecule has 1 aromatic heterocycles. The van der Waals surface area contributed by atoms with Gasteiger partial charge in [-0.15, -0.1) is 0 Å². The lowest BCUT2D eigenvalue weighted by molar-refractivity contribution is 0.135. The van der Waals surface area contributed by atoms with Gasteiger partial charge in [0.05, 0.1) is 6.54 Å². The Hall–Kier alpha value is -2.86. The van der Waals surface area contributed by atoms with Gasteiger partial charge < -0.3 is 14.7 Å². The first-order valence-corrected chi connectivity index (χ1v) is 8.92. The predicted molar refractivity (Wildman–Crippen MR) is 99.5 cm³/mol. The van der Waals surface area contributed by atoms with Crippen LogP contribution in [0.15, 0.2) is 59.1 Å². The summed E-state index contributed by atoms with van der Waals surface area (Å²) in [5, 5.41) is 7.96. The van der Waals surface area contributed by atoms with Crippen LogP contribution in [-0.2, 0) is 13.1 Å². The number of urea groups is 1. The van der Waals surface area contributed by atoms with E-state index in [0.717, 1.165) is 49.4 Å². The maximum atomic E-state index is 12.4. The highest BCUT2D eigenvalue weighted by molar-refractivity contribution is 5.80. The second-order valence-corrected chi connectivity index (χ2v) is 6.53. The quantitative estimate of drug-likeness (QED) is 0.786. The standard InChI is InChI=1S/C20H22N4O2/c25-20(21-14-18-17-8-4-5-9-19(17)26-22-18)24-12-10-23(11-13-24)15-16-6-2-1-3-7-16/h1-9H,10-15H2,(H,21,25). The molecule has 0 bridgehead atoms. The summed E-state index contributed by atoms with van der Waals surface area (Å²) in [6, 6.07) is 18.1. The molecular formula is C20H22N4O2. The van der Waals surface area contributed by atoms with Crippen molar-refractivity contribution in [1.29, 1.82) is 0 Å². The van der Waals surface area contributed by atoms with Gasteiger partial charge in [-0.25, -0.2) is 4.79 Å². The molecule has 2 heterocycles. The molecular weight excluding hydrogens is 328 g/mol. The van der Waals surface area contributed by atoms with Gasteiger partial charge in [-0.2, -0.15) is 0 Å². The molecule has 1 fully saturated rings. The summed E-state index contributed by atoms with van der Waals surface area (Å²) in [5.74, 6) is 0. The van der Waals surface area contributed by atoms with E-state index in [4.69, 9.17) is 4.52 Å². The van der Waals surface area contributed by atoms with E-state index in [9.17, 15) is 4.79 Å². The number of hydrogen-bond donors (Lipinski definition) is 1. The predicted octanol–water partition coefficient (Wildman–Crippen LogP) is 2.86. The van der Waals surface area contributed by atoms with E-state index >= 15 is 0 Å². The molecule has 0 spiro atoms. The Bertz CT molecular complexity index is 870. The average molecular weight is 350 g/mol. The fraction of sp³-hybridized carbons (Fsp3) is 0.300. The third-order valence-corrected chi connectivity index (χ3v) is 4.77. The fourth-order valence-electron chi connectivity index (χ4n) is 3.29. The van der Waals surface area contributed by atoms with Gasteiger partial charge in [0, 0.05) is 38.1 Å². The van der Waals surface area contributed by atoms with Crippen LogP contribution in [-0.4, -0.2) is 47.2 Å². The monoisotopic (exact) mass is 350 g/mol. The van der Waals surface area contributed by atoms with E-state index in [2.05, 4.69) is 39.6 Å². The van der Waals surface area contributed by atoms with Crippen LogP contribution in [0.2, 0.25) is 0 Å². The molecule has 6 heteroatoms. The van der Waals surface area contributed by atoms with Crippen molar-refractivity contribution in [3.05, 3.63) is 65.9 Å². The van der Waals surface area contributed by atoms with Crippen molar-refractivity contribution in [3.63, 3.8) is 0 Å². The van der Waals surface area contributed by atoms with Crippen LogP contribution in [0, 0.1) is 0 Å². The largest absolute Gasteiger partial charge is 0.356 e. The Kier molecular flexibility index (Phi) is 4.84. The van der Waals surface area contributed by atoms with Crippen molar-refractivity contribution in [2.75, 3.05) is 26.2 Å². The van der Waals surface area contributed by atoms with Gasteiger partial charge in [0.1, 0.15) is 5.69 Å². The molecule has 1 aliphatic rings. The SMILES string of the molecule is O=C(NCc1noc2ccccc12)N1CCN(Cc2ccccc2)CC1. The van der Waals surface area contributed by atoms with Crippen molar-refractivity contribution in [2.24, 2.45) is 0 Å². The van der Waals surface area contributed by atoms with Crippen LogP contribution in [0.3, 0.4) is 0 Å². The number of nitrogens with one attached hydrogen (secondary N) is 1. The molecule has 0 radical (unpaired) electrons. The summed E-state index contributed by atoms with van der Waals surface area (Å²) in [6.07, 6.45) is 0. The van der Waals surface area contributed by atoms with E-state index < -0.39 is 0 Å². The number of benzene rings is 2. The van der Waals surface area contributed by atoms with Crippen LogP contribution < -0.4 is 5.32 Å². The van der Waals surface area contributed by atoms with Gasteiger partial charge in [-0.1, -0.05) is 47.6 Å². The number of fused-ring (bicyclic) bond motifs is 1. The summed E-state index contributed by atoms with van der Waals surface area (Å²) < 4.78 is 5.28. The van der Waals surface area contributed by atoms with Gasteiger partial charge >= 0.3 is 6.03 Å². The van der Waals surface area contributed by atoms with Crippen LogP contribution in [0.5, 0.6) is 0 Å². The minimum atomic E-state index is -0.0450. The Morgan fingerprint density at radius 3 is 2.54 bits per heavy atom. The zero-order chi connectivity index (χ0) is 17.8. The van der Waals surface area contributed by atoms with Crippen molar-refractivity contribution in [1.82, 2.24) is 20.3 Å². The maximum Gasteiger partial charge on any atom is 0.317 e. The summed E-state index contributed by atoms with van der Waals surface area (Å²) >= 11 is 0. The first-order chi connectivity index (χ1) is 12.8. The normalized spacial score (nSPS) is 15.3. The Labute approximate surface area is 152 Å². The van der Waals surface area contributed by atoms with E-state index in [1.54, 1.807) is 0 Å². The zero-order valence-corrected chi connectivity index (χ0v) is 14.6. The molecule has 0 atom stereocenters. The molecule has 1 aliphatic heterocycles. The van der Waals surface area contributed by atoms with E-state index in [1.165, 1.54) is 5.56 Å². The Balaban J connectivity index is 1.27. The minimum absolute atomic E-state index is 0.0450. The lowest BCUT2D eigenvalue weighted by atomic mass is 10.2. The average Bonchev–Trinajstić information content (AvgIpc) is 3.11. The van der Waals surface area contributed by atoms with Gasteiger partial charge in [-0.05, 0) is 17.7 Å². The number of hydrogen-bond acceptors (Lipinski definition) is 4. The molecule has 6 nitrogen and oxygen atoms in total. The number of carbonyl (C=O) groups is 1. The van der Waals surface area contributed by atoms with Gasteiger partial charge in [-0.3, -0.25) is 4.90 Å². The van der Waals surface area contributed by atoms with Gasteiger partial charge in [0.15, 0.2) is 5.58 Å². The first kappa shape index (κ1) is 16.6. The summed E-state index contributed by atoms with van der Waals surface area (Å²) in [4.78, 5) is 16.7. The smallest absolute Gasteiger partial charge is 0.317 e. The van der Waals surface area contributed by atoms with Crippen LogP contribution in [0.1, 0.15) is 11.3 Å². The van der Waals surface area contributed by atoms with Crippen molar-refractivity contribution in [2.45, 2.75) is 13.1 Å². The number of nitrogens with zero attached hydrogens (tertiary/aromatic N) is 3. The highest BCUT2D eigenvalue weighted by Crippen LogP contribution is 2.17. The molecule has 134 valence electrons. The third-order valence-electron chi connectivity index (χ3n) is 4.77. The van der Waals surface area contributed by atoms with Crippen molar-refractivity contribution >= 4 is 17.0 Å². The Morgan fingerprint density at radius 2 is 1.73 bits per heavy atom.